The van der Waals surface area contributed by atoms with Gasteiger partial charge in [0.1, 0.15) is 5.69 Å². The third kappa shape index (κ3) is 5.12. The van der Waals surface area contributed by atoms with Crippen molar-refractivity contribution in [2.75, 3.05) is 38.3 Å². The van der Waals surface area contributed by atoms with Gasteiger partial charge in [0, 0.05) is 39.2 Å². The first-order valence-electron chi connectivity index (χ1n) is 11.3. The molecule has 1 aromatic carbocycles. The molecule has 0 aliphatic carbocycles. The van der Waals surface area contributed by atoms with Crippen LogP contribution >= 0.6 is 0 Å². The van der Waals surface area contributed by atoms with E-state index in [0.717, 1.165) is 5.69 Å². The van der Waals surface area contributed by atoms with Crippen molar-refractivity contribution in [2.45, 2.75) is 40.2 Å². The predicted molar refractivity (Wildman–Crippen MR) is 126 cm³/mol. The van der Waals surface area contributed by atoms with E-state index < -0.39 is 0 Å². The number of aromatic nitrogens is 2. The van der Waals surface area contributed by atoms with E-state index in [2.05, 4.69) is 5.32 Å². The highest BCUT2D eigenvalue weighted by Gasteiger charge is 2.29. The Balaban J connectivity index is 1.94. The van der Waals surface area contributed by atoms with E-state index in [4.69, 9.17) is 4.74 Å². The van der Waals surface area contributed by atoms with Crippen LogP contribution in [0.3, 0.4) is 0 Å². The second-order valence-electron chi connectivity index (χ2n) is 8.74. The van der Waals surface area contributed by atoms with Gasteiger partial charge >= 0.3 is 5.69 Å². The van der Waals surface area contributed by atoms with E-state index in [1.807, 2.05) is 56.0 Å². The van der Waals surface area contributed by atoms with Crippen LogP contribution in [-0.2, 0) is 16.1 Å². The van der Waals surface area contributed by atoms with Crippen LogP contribution in [0.5, 0.6) is 0 Å². The Hall–Kier alpha value is -2.87. The van der Waals surface area contributed by atoms with Gasteiger partial charge in [-0.3, -0.25) is 18.7 Å². The van der Waals surface area contributed by atoms with Crippen molar-refractivity contribution in [3.8, 4) is 5.69 Å². The average Bonchev–Trinajstić information content (AvgIpc) is 2.78. The minimum absolute atomic E-state index is 0.0323. The van der Waals surface area contributed by atoms with E-state index in [0.29, 0.717) is 57.0 Å². The van der Waals surface area contributed by atoms with Crippen molar-refractivity contribution >= 4 is 11.6 Å². The van der Waals surface area contributed by atoms with Crippen LogP contribution in [0.2, 0.25) is 0 Å². The van der Waals surface area contributed by atoms with E-state index in [9.17, 15) is 14.4 Å². The van der Waals surface area contributed by atoms with Gasteiger partial charge in [-0.25, -0.2) is 4.79 Å². The number of amides is 1. The quantitative estimate of drug-likeness (QED) is 0.632. The molecule has 0 radical (unpaired) electrons. The summed E-state index contributed by atoms with van der Waals surface area (Å²) >= 11 is 0. The van der Waals surface area contributed by atoms with Crippen LogP contribution in [0.25, 0.3) is 5.69 Å². The molecule has 0 spiro atoms. The van der Waals surface area contributed by atoms with Crippen molar-refractivity contribution in [3.05, 3.63) is 56.9 Å². The Bertz CT molecular complexity index is 1030. The minimum atomic E-state index is -0.316. The number of carbonyl (C=O) groups excluding carboxylic acids is 1. The number of hydrogen-bond acceptors (Lipinski definition) is 5. The molecule has 0 saturated carbocycles. The summed E-state index contributed by atoms with van der Waals surface area (Å²) in [6, 6.07) is 9.41. The van der Waals surface area contributed by atoms with Crippen LogP contribution in [0, 0.1) is 18.8 Å². The number of carbonyl (C=O) groups is 1. The zero-order valence-electron chi connectivity index (χ0n) is 19.5. The summed E-state index contributed by atoms with van der Waals surface area (Å²) in [7, 11) is 1.61. The van der Waals surface area contributed by atoms with Crippen LogP contribution in [-0.4, -0.2) is 48.4 Å². The number of piperidine rings is 1. The average molecular weight is 443 g/mol. The number of anilines is 1. The third-order valence-corrected chi connectivity index (χ3v) is 5.90. The first kappa shape index (κ1) is 23.8. The van der Waals surface area contributed by atoms with Gasteiger partial charge in [-0.2, -0.15) is 0 Å². The highest BCUT2D eigenvalue weighted by atomic mass is 16.5. The molecule has 3 rings (SSSR count). The van der Waals surface area contributed by atoms with Gasteiger partial charge in [0.05, 0.1) is 18.0 Å². The normalized spacial score (nSPS) is 14.7. The number of benzene rings is 1. The van der Waals surface area contributed by atoms with Crippen LogP contribution in [0.15, 0.2) is 39.9 Å². The Morgan fingerprint density at radius 3 is 2.41 bits per heavy atom. The Kier molecular flexibility index (Phi) is 7.90. The van der Waals surface area contributed by atoms with Gasteiger partial charge < -0.3 is 15.0 Å². The Labute approximate surface area is 188 Å². The summed E-state index contributed by atoms with van der Waals surface area (Å²) in [4.78, 5) is 41.2. The first-order chi connectivity index (χ1) is 15.3. The molecule has 1 aliphatic heterocycles. The topological polar surface area (TPSA) is 85.6 Å². The number of nitrogens with one attached hydrogen (secondary N) is 1. The zero-order chi connectivity index (χ0) is 23.3. The molecule has 2 aromatic rings. The molecule has 8 nitrogen and oxygen atoms in total. The molecule has 2 heterocycles. The van der Waals surface area contributed by atoms with Gasteiger partial charge in [0.25, 0.3) is 5.56 Å². The van der Waals surface area contributed by atoms with Crippen molar-refractivity contribution in [3.63, 3.8) is 0 Å². The number of methoxy groups -OCH3 is 1. The molecule has 8 heteroatoms. The van der Waals surface area contributed by atoms with E-state index in [1.165, 1.54) is 4.57 Å². The summed E-state index contributed by atoms with van der Waals surface area (Å²) < 4.78 is 7.97. The van der Waals surface area contributed by atoms with Gasteiger partial charge in [-0.1, -0.05) is 32.0 Å². The second-order valence-corrected chi connectivity index (χ2v) is 8.74. The van der Waals surface area contributed by atoms with Crippen LogP contribution in [0.4, 0.5) is 5.69 Å². The van der Waals surface area contributed by atoms with Crippen molar-refractivity contribution in [2.24, 2.45) is 11.8 Å². The SMILES string of the molecule is COCCNC(=O)C1CCN(c2c(C)n(-c3ccccc3)c(=O)n(CC(C)C)c2=O)CC1. The summed E-state index contributed by atoms with van der Waals surface area (Å²) in [5.41, 5.74) is 1.35. The fourth-order valence-corrected chi connectivity index (χ4v) is 4.30. The van der Waals surface area contributed by atoms with Crippen LogP contribution < -0.4 is 21.5 Å². The third-order valence-electron chi connectivity index (χ3n) is 5.90. The van der Waals surface area contributed by atoms with E-state index >= 15 is 0 Å². The van der Waals surface area contributed by atoms with E-state index in [-0.39, 0.29) is 29.0 Å². The lowest BCUT2D eigenvalue weighted by Gasteiger charge is -2.34. The molecule has 1 aliphatic rings. The van der Waals surface area contributed by atoms with Gasteiger partial charge in [0.2, 0.25) is 5.91 Å². The monoisotopic (exact) mass is 442 g/mol. The van der Waals surface area contributed by atoms with Crippen molar-refractivity contribution in [1.82, 2.24) is 14.5 Å². The lowest BCUT2D eigenvalue weighted by molar-refractivity contribution is -0.125. The second kappa shape index (κ2) is 10.6. The van der Waals surface area contributed by atoms with Crippen molar-refractivity contribution in [1.29, 1.82) is 0 Å². The summed E-state index contributed by atoms with van der Waals surface area (Å²) in [5.74, 6) is 0.105. The number of hydrogen-bond donors (Lipinski definition) is 1. The lowest BCUT2D eigenvalue weighted by Crippen LogP contribution is -2.48. The summed E-state index contributed by atoms with van der Waals surface area (Å²) in [5, 5.41) is 2.91. The molecule has 1 amide bonds. The predicted octanol–water partition coefficient (Wildman–Crippen LogP) is 1.94. The molecular weight excluding hydrogens is 408 g/mol. The fourth-order valence-electron chi connectivity index (χ4n) is 4.30. The molecule has 1 saturated heterocycles. The van der Waals surface area contributed by atoms with Gasteiger partial charge in [0.15, 0.2) is 0 Å². The zero-order valence-corrected chi connectivity index (χ0v) is 19.5. The smallest absolute Gasteiger partial charge is 0.335 e. The molecule has 0 unspecified atom stereocenters. The highest BCUT2D eigenvalue weighted by molar-refractivity contribution is 5.79. The summed E-state index contributed by atoms with van der Waals surface area (Å²) in [6.45, 7) is 8.33. The first-order valence-corrected chi connectivity index (χ1v) is 11.3. The molecule has 0 atom stereocenters. The minimum Gasteiger partial charge on any atom is -0.383 e. The standard InChI is InChI=1S/C24H34N4O4/c1-17(2)16-27-23(30)21(18(3)28(24(27)31)20-8-6-5-7-9-20)26-13-10-19(11-14-26)22(29)25-12-15-32-4/h5-9,17,19H,10-16H2,1-4H3,(H,25,29). The molecule has 1 aromatic heterocycles. The molecule has 32 heavy (non-hydrogen) atoms. The molecule has 1 fully saturated rings. The fraction of sp³-hybridized carbons (Fsp3) is 0.542. The lowest BCUT2D eigenvalue weighted by atomic mass is 9.95. The molecular formula is C24H34N4O4. The molecule has 1 N–H and O–H groups in total. The van der Waals surface area contributed by atoms with Gasteiger partial charge in [-0.15, -0.1) is 0 Å². The maximum Gasteiger partial charge on any atom is 0.335 e. The van der Waals surface area contributed by atoms with Crippen LogP contribution in [0.1, 0.15) is 32.4 Å². The largest absolute Gasteiger partial charge is 0.383 e. The maximum atomic E-state index is 13.4. The van der Waals surface area contributed by atoms with Crippen molar-refractivity contribution < 1.29 is 9.53 Å². The Morgan fingerprint density at radius 1 is 1.16 bits per heavy atom. The van der Waals surface area contributed by atoms with E-state index in [1.54, 1.807) is 11.7 Å². The summed E-state index contributed by atoms with van der Waals surface area (Å²) in [6.07, 6.45) is 1.32. The molecule has 174 valence electrons. The number of para-hydroxylation sites is 1. The Morgan fingerprint density at radius 2 is 1.81 bits per heavy atom. The highest BCUT2D eigenvalue weighted by Crippen LogP contribution is 2.24. The number of rotatable bonds is 8. The maximum absolute atomic E-state index is 13.4. The van der Waals surface area contributed by atoms with Gasteiger partial charge in [-0.05, 0) is 37.8 Å². The number of nitrogens with zero attached hydrogens (tertiary/aromatic N) is 3. The number of ether oxygens (including phenoxy) is 1. The molecule has 0 bridgehead atoms.